The molecule has 45 heavy (non-hydrogen) atoms. The number of rotatable bonds is 9. The van der Waals surface area contributed by atoms with E-state index in [9.17, 15) is 4.79 Å². The van der Waals surface area contributed by atoms with Crippen molar-refractivity contribution in [3.8, 4) is 22.4 Å². The zero-order valence-electron chi connectivity index (χ0n) is 25.0. The van der Waals surface area contributed by atoms with Gasteiger partial charge in [0, 0.05) is 42.2 Å². The monoisotopic (exact) mass is 597 g/mol. The summed E-state index contributed by atoms with van der Waals surface area (Å²) in [5.74, 6) is 0. The standard InChI is InChI=1S/C37H35N5O3/c43-37(44-25-27-7-3-1-4-8-27)41-21-17-32(18-22-41)42-36(29-15-19-38-20-16-29)34(24-39-42)31-11-13-33-30(23-31)12-14-35(33)40-45-26-28-9-5-2-6-10-28/h1-11,13-16,19-20,23-24,32,40H,12,17-18,21-22,25-26H2. The van der Waals surface area contributed by atoms with E-state index in [1.165, 1.54) is 5.56 Å². The highest BCUT2D eigenvalue weighted by atomic mass is 16.6. The van der Waals surface area contributed by atoms with Gasteiger partial charge < -0.3 is 9.64 Å². The Balaban J connectivity index is 1.06. The van der Waals surface area contributed by atoms with Crippen molar-refractivity contribution in [1.29, 1.82) is 0 Å². The molecule has 3 aromatic carbocycles. The van der Waals surface area contributed by atoms with Gasteiger partial charge in [-0.15, -0.1) is 0 Å². The minimum Gasteiger partial charge on any atom is -0.445 e. The summed E-state index contributed by atoms with van der Waals surface area (Å²) in [4.78, 5) is 24.7. The number of benzene rings is 3. The third-order valence-corrected chi connectivity index (χ3v) is 8.52. The van der Waals surface area contributed by atoms with Crippen molar-refractivity contribution >= 4 is 11.8 Å². The molecule has 0 bridgehead atoms. The van der Waals surface area contributed by atoms with E-state index >= 15 is 0 Å². The average Bonchev–Trinajstić information content (AvgIpc) is 3.73. The molecule has 1 amide bonds. The summed E-state index contributed by atoms with van der Waals surface area (Å²) in [6.45, 7) is 2.02. The van der Waals surface area contributed by atoms with E-state index in [0.717, 1.165) is 64.0 Å². The van der Waals surface area contributed by atoms with Gasteiger partial charge in [0.15, 0.2) is 0 Å². The average molecular weight is 598 g/mol. The predicted octanol–water partition coefficient (Wildman–Crippen LogP) is 7.20. The molecule has 0 spiro atoms. The lowest BCUT2D eigenvalue weighted by Gasteiger charge is -2.32. The lowest BCUT2D eigenvalue weighted by molar-refractivity contribution is 0.0647. The Morgan fingerprint density at radius 3 is 2.27 bits per heavy atom. The number of ether oxygens (including phenoxy) is 1. The van der Waals surface area contributed by atoms with Crippen molar-refractivity contribution in [3.63, 3.8) is 0 Å². The molecule has 0 saturated carbocycles. The third-order valence-electron chi connectivity index (χ3n) is 8.52. The maximum atomic E-state index is 12.8. The lowest BCUT2D eigenvalue weighted by atomic mass is 9.97. The van der Waals surface area contributed by atoms with Gasteiger partial charge >= 0.3 is 6.09 Å². The van der Waals surface area contributed by atoms with E-state index in [2.05, 4.69) is 51.6 Å². The van der Waals surface area contributed by atoms with Crippen LogP contribution in [-0.2, 0) is 29.2 Å². The maximum absolute atomic E-state index is 12.8. The molecule has 1 fully saturated rings. The fourth-order valence-electron chi connectivity index (χ4n) is 6.13. The first-order valence-electron chi connectivity index (χ1n) is 15.4. The number of amides is 1. The number of nitrogens with zero attached hydrogens (tertiary/aromatic N) is 4. The second-order valence-electron chi connectivity index (χ2n) is 11.4. The molecular formula is C37H35N5O3. The number of hydroxylamine groups is 1. The third kappa shape index (κ3) is 6.37. The van der Waals surface area contributed by atoms with Crippen LogP contribution in [0.1, 0.15) is 41.1 Å². The van der Waals surface area contributed by atoms with Crippen LogP contribution in [-0.4, -0.2) is 38.8 Å². The molecule has 2 aliphatic rings. The largest absolute Gasteiger partial charge is 0.445 e. The lowest BCUT2D eigenvalue weighted by Crippen LogP contribution is -2.39. The molecule has 3 heterocycles. The number of nitrogens with one attached hydrogen (secondary N) is 1. The van der Waals surface area contributed by atoms with Crippen LogP contribution in [0.4, 0.5) is 4.79 Å². The second kappa shape index (κ2) is 13.2. The Kier molecular flexibility index (Phi) is 8.37. The number of hydrogen-bond acceptors (Lipinski definition) is 6. The molecule has 1 aliphatic heterocycles. The first-order valence-corrected chi connectivity index (χ1v) is 15.4. The number of piperidine rings is 1. The predicted molar refractivity (Wildman–Crippen MR) is 173 cm³/mol. The van der Waals surface area contributed by atoms with Crippen LogP contribution in [0.2, 0.25) is 0 Å². The fraction of sp³-hybridized carbons (Fsp3) is 0.216. The summed E-state index contributed by atoms with van der Waals surface area (Å²) < 4.78 is 7.74. The van der Waals surface area contributed by atoms with E-state index in [0.29, 0.717) is 19.7 Å². The van der Waals surface area contributed by atoms with E-state index in [4.69, 9.17) is 14.7 Å². The molecule has 2 aromatic heterocycles. The Morgan fingerprint density at radius 2 is 1.53 bits per heavy atom. The van der Waals surface area contributed by atoms with Crippen molar-refractivity contribution in [3.05, 3.63) is 138 Å². The SMILES string of the molecule is O=C(OCc1ccccc1)N1CCC(n2ncc(-c3ccc4c(c3)CC=C4NOCc3ccccc3)c2-c2ccncc2)CC1. The van der Waals surface area contributed by atoms with Crippen molar-refractivity contribution in [2.24, 2.45) is 0 Å². The molecular weight excluding hydrogens is 562 g/mol. The summed E-state index contributed by atoms with van der Waals surface area (Å²) in [7, 11) is 0. The highest BCUT2D eigenvalue weighted by molar-refractivity contribution is 5.83. The molecule has 1 saturated heterocycles. The number of fused-ring (bicyclic) bond motifs is 1. The molecule has 5 aromatic rings. The quantitative estimate of drug-likeness (QED) is 0.181. The van der Waals surface area contributed by atoms with Gasteiger partial charge in [-0.1, -0.05) is 84.9 Å². The number of carbonyl (C=O) groups is 1. The Morgan fingerprint density at radius 1 is 0.822 bits per heavy atom. The highest BCUT2D eigenvalue weighted by Gasteiger charge is 2.28. The van der Waals surface area contributed by atoms with Crippen molar-refractivity contribution < 1.29 is 14.4 Å². The normalized spacial score (nSPS) is 14.6. The molecule has 8 heteroatoms. The summed E-state index contributed by atoms with van der Waals surface area (Å²) in [6.07, 6.45) is 9.95. The van der Waals surface area contributed by atoms with Crippen LogP contribution >= 0.6 is 0 Å². The van der Waals surface area contributed by atoms with Gasteiger partial charge in [-0.2, -0.15) is 5.10 Å². The van der Waals surface area contributed by atoms with Crippen LogP contribution in [0.5, 0.6) is 0 Å². The molecule has 1 N–H and O–H groups in total. The van der Waals surface area contributed by atoms with Crippen molar-refractivity contribution in [2.45, 2.75) is 38.5 Å². The van der Waals surface area contributed by atoms with E-state index < -0.39 is 0 Å². The second-order valence-corrected chi connectivity index (χ2v) is 11.4. The summed E-state index contributed by atoms with van der Waals surface area (Å²) in [5.41, 5.74) is 13.0. The maximum Gasteiger partial charge on any atom is 0.410 e. The summed E-state index contributed by atoms with van der Waals surface area (Å²) in [6, 6.07) is 30.7. The number of hydrogen-bond donors (Lipinski definition) is 1. The number of allylic oxidation sites excluding steroid dienone is 1. The molecule has 1 aliphatic carbocycles. The van der Waals surface area contributed by atoms with Gasteiger partial charge in [0.1, 0.15) is 6.61 Å². The highest BCUT2D eigenvalue weighted by Crippen LogP contribution is 2.38. The minimum absolute atomic E-state index is 0.161. The van der Waals surface area contributed by atoms with Crippen molar-refractivity contribution in [2.75, 3.05) is 13.1 Å². The van der Waals surface area contributed by atoms with Crippen LogP contribution < -0.4 is 5.48 Å². The molecule has 8 nitrogen and oxygen atoms in total. The number of aromatic nitrogens is 3. The zero-order valence-corrected chi connectivity index (χ0v) is 25.0. The number of likely N-dealkylation sites (tertiary alicyclic amines) is 1. The zero-order chi connectivity index (χ0) is 30.4. The van der Waals surface area contributed by atoms with E-state index in [1.54, 1.807) is 4.90 Å². The van der Waals surface area contributed by atoms with Crippen LogP contribution in [0.3, 0.4) is 0 Å². The molecule has 0 unspecified atom stereocenters. The Labute approximate surface area is 262 Å². The number of carbonyl (C=O) groups excluding carboxylic acids is 1. The molecule has 7 rings (SSSR count). The summed E-state index contributed by atoms with van der Waals surface area (Å²) >= 11 is 0. The minimum atomic E-state index is -0.265. The first-order chi connectivity index (χ1) is 22.2. The van der Waals surface area contributed by atoms with Gasteiger partial charge in [-0.3, -0.25) is 20.0 Å². The van der Waals surface area contributed by atoms with Gasteiger partial charge in [0.2, 0.25) is 0 Å². The fourth-order valence-corrected chi connectivity index (χ4v) is 6.13. The van der Waals surface area contributed by atoms with Gasteiger partial charge in [-0.25, -0.2) is 4.79 Å². The smallest absolute Gasteiger partial charge is 0.410 e. The van der Waals surface area contributed by atoms with Gasteiger partial charge in [-0.05, 0) is 53.6 Å². The molecule has 0 radical (unpaired) electrons. The topological polar surface area (TPSA) is 81.5 Å². The summed E-state index contributed by atoms with van der Waals surface area (Å²) in [5, 5.41) is 4.93. The molecule has 226 valence electrons. The van der Waals surface area contributed by atoms with E-state index in [-0.39, 0.29) is 18.7 Å². The Hall–Kier alpha value is -5.21. The van der Waals surface area contributed by atoms with Crippen molar-refractivity contribution in [1.82, 2.24) is 25.1 Å². The first kappa shape index (κ1) is 28.6. The van der Waals surface area contributed by atoms with Gasteiger partial charge in [0.05, 0.1) is 30.2 Å². The van der Waals surface area contributed by atoms with Crippen LogP contribution in [0, 0.1) is 0 Å². The number of pyridine rings is 1. The molecule has 0 atom stereocenters. The Bertz CT molecular complexity index is 1780. The van der Waals surface area contributed by atoms with Gasteiger partial charge in [0.25, 0.3) is 0 Å². The van der Waals surface area contributed by atoms with E-state index in [1.807, 2.05) is 79.3 Å². The van der Waals surface area contributed by atoms with Crippen LogP contribution in [0.25, 0.3) is 28.1 Å². The van der Waals surface area contributed by atoms with Crippen LogP contribution in [0.15, 0.2) is 116 Å².